The highest BCUT2D eigenvalue weighted by atomic mass is 16.3. The number of aliphatic hydroxyl groups excluding tert-OH is 1. The minimum Gasteiger partial charge on any atom is -0.392 e. The molecular formula is C11H18N2O. The van der Waals surface area contributed by atoms with Gasteiger partial charge in [-0.3, -0.25) is 4.68 Å². The van der Waals surface area contributed by atoms with Crippen LogP contribution in [-0.4, -0.2) is 21.0 Å². The summed E-state index contributed by atoms with van der Waals surface area (Å²) in [5.41, 5.74) is 1.18. The van der Waals surface area contributed by atoms with E-state index < -0.39 is 0 Å². The normalized spacial score (nSPS) is 28.7. The van der Waals surface area contributed by atoms with Crippen LogP contribution in [0.2, 0.25) is 0 Å². The summed E-state index contributed by atoms with van der Waals surface area (Å²) in [5, 5.41) is 14.2. The Kier molecular flexibility index (Phi) is 2.87. The van der Waals surface area contributed by atoms with Gasteiger partial charge in [-0.15, -0.1) is 0 Å². The molecule has 2 rings (SSSR count). The summed E-state index contributed by atoms with van der Waals surface area (Å²) < 4.78 is 1.89. The van der Waals surface area contributed by atoms with Crippen LogP contribution < -0.4 is 0 Å². The lowest BCUT2D eigenvalue weighted by atomic mass is 9.94. The molecule has 14 heavy (non-hydrogen) atoms. The van der Waals surface area contributed by atoms with Crippen molar-refractivity contribution in [2.45, 2.75) is 44.1 Å². The van der Waals surface area contributed by atoms with Crippen LogP contribution in [-0.2, 0) is 7.05 Å². The lowest BCUT2D eigenvalue weighted by Crippen LogP contribution is -2.19. The first kappa shape index (κ1) is 9.71. The molecule has 1 heterocycles. The first-order chi connectivity index (χ1) is 6.79. The molecule has 1 aromatic heterocycles. The van der Waals surface area contributed by atoms with Crippen molar-refractivity contribution in [2.24, 2.45) is 7.05 Å². The monoisotopic (exact) mass is 194 g/mol. The van der Waals surface area contributed by atoms with E-state index in [9.17, 15) is 5.11 Å². The van der Waals surface area contributed by atoms with E-state index in [1.807, 2.05) is 24.0 Å². The van der Waals surface area contributed by atoms with Crippen molar-refractivity contribution >= 4 is 0 Å². The fourth-order valence-corrected chi connectivity index (χ4v) is 2.38. The van der Waals surface area contributed by atoms with Gasteiger partial charge in [0.25, 0.3) is 0 Å². The summed E-state index contributed by atoms with van der Waals surface area (Å²) >= 11 is 0. The van der Waals surface area contributed by atoms with Crippen LogP contribution >= 0.6 is 0 Å². The third-order valence-electron chi connectivity index (χ3n) is 3.22. The third-order valence-corrected chi connectivity index (χ3v) is 3.22. The summed E-state index contributed by atoms with van der Waals surface area (Å²) in [4.78, 5) is 0. The smallest absolute Gasteiger partial charge is 0.0623 e. The van der Waals surface area contributed by atoms with Crippen LogP contribution in [0.4, 0.5) is 0 Å². The van der Waals surface area contributed by atoms with Gasteiger partial charge in [0.2, 0.25) is 0 Å². The fourth-order valence-electron chi connectivity index (χ4n) is 2.38. The third kappa shape index (κ3) is 1.82. The van der Waals surface area contributed by atoms with E-state index in [-0.39, 0.29) is 6.10 Å². The van der Waals surface area contributed by atoms with E-state index in [0.29, 0.717) is 5.92 Å². The minimum absolute atomic E-state index is 0.173. The van der Waals surface area contributed by atoms with E-state index >= 15 is 0 Å². The van der Waals surface area contributed by atoms with Crippen molar-refractivity contribution in [3.8, 4) is 0 Å². The topological polar surface area (TPSA) is 38.0 Å². The van der Waals surface area contributed by atoms with Crippen LogP contribution in [0.1, 0.15) is 43.7 Å². The number of hydrogen-bond donors (Lipinski definition) is 1. The molecule has 1 aliphatic carbocycles. The van der Waals surface area contributed by atoms with E-state index in [4.69, 9.17) is 0 Å². The second-order valence-electron chi connectivity index (χ2n) is 4.19. The quantitative estimate of drug-likeness (QED) is 0.693. The van der Waals surface area contributed by atoms with Gasteiger partial charge < -0.3 is 5.11 Å². The zero-order valence-corrected chi connectivity index (χ0v) is 8.69. The highest BCUT2D eigenvalue weighted by molar-refractivity contribution is 5.10. The van der Waals surface area contributed by atoms with Gasteiger partial charge in [-0.1, -0.05) is 19.3 Å². The van der Waals surface area contributed by atoms with Gasteiger partial charge in [-0.25, -0.2) is 0 Å². The average molecular weight is 194 g/mol. The highest BCUT2D eigenvalue weighted by Crippen LogP contribution is 2.31. The molecule has 1 saturated carbocycles. The molecule has 0 bridgehead atoms. The molecular weight excluding hydrogens is 176 g/mol. The summed E-state index contributed by atoms with van der Waals surface area (Å²) in [6, 6.07) is 2.03. The molecule has 0 unspecified atom stereocenters. The molecule has 0 saturated heterocycles. The van der Waals surface area contributed by atoms with E-state index in [1.54, 1.807) is 0 Å². The van der Waals surface area contributed by atoms with Gasteiger partial charge in [0.05, 0.1) is 6.10 Å². The molecule has 78 valence electrons. The predicted molar refractivity (Wildman–Crippen MR) is 55.0 cm³/mol. The number of aryl methyl sites for hydroxylation is 1. The Morgan fingerprint density at radius 3 is 2.86 bits per heavy atom. The molecule has 3 nitrogen and oxygen atoms in total. The Morgan fingerprint density at radius 1 is 1.36 bits per heavy atom. The minimum atomic E-state index is -0.173. The molecule has 0 amide bonds. The lowest BCUT2D eigenvalue weighted by Gasteiger charge is -2.20. The van der Waals surface area contributed by atoms with Crippen LogP contribution in [0.15, 0.2) is 12.3 Å². The van der Waals surface area contributed by atoms with Gasteiger partial charge in [-0.05, 0) is 18.9 Å². The first-order valence-corrected chi connectivity index (χ1v) is 5.45. The molecule has 0 spiro atoms. The summed E-state index contributed by atoms with van der Waals surface area (Å²) in [5.74, 6) is 0.296. The highest BCUT2D eigenvalue weighted by Gasteiger charge is 2.25. The van der Waals surface area contributed by atoms with Crippen molar-refractivity contribution in [1.29, 1.82) is 0 Å². The molecule has 1 N–H and O–H groups in total. The van der Waals surface area contributed by atoms with Crippen molar-refractivity contribution in [1.82, 2.24) is 9.78 Å². The second kappa shape index (κ2) is 4.13. The van der Waals surface area contributed by atoms with E-state index in [2.05, 4.69) is 5.10 Å². The summed E-state index contributed by atoms with van der Waals surface area (Å²) in [7, 11) is 1.95. The lowest BCUT2D eigenvalue weighted by molar-refractivity contribution is 0.132. The molecule has 0 radical (unpaired) electrons. The number of hydrogen-bond acceptors (Lipinski definition) is 2. The Balaban J connectivity index is 2.19. The van der Waals surface area contributed by atoms with E-state index in [1.165, 1.54) is 18.5 Å². The van der Waals surface area contributed by atoms with Gasteiger partial charge in [-0.2, -0.15) is 5.10 Å². The second-order valence-corrected chi connectivity index (χ2v) is 4.19. The predicted octanol–water partition coefficient (Wildman–Crippen LogP) is 1.83. The Morgan fingerprint density at radius 2 is 2.14 bits per heavy atom. The molecule has 0 aliphatic heterocycles. The molecule has 2 atom stereocenters. The van der Waals surface area contributed by atoms with Gasteiger partial charge in [0, 0.05) is 24.9 Å². The molecule has 1 aromatic rings. The molecule has 1 aliphatic rings. The first-order valence-electron chi connectivity index (χ1n) is 5.45. The number of rotatable bonds is 1. The van der Waals surface area contributed by atoms with Crippen molar-refractivity contribution in [3.05, 3.63) is 18.0 Å². The van der Waals surface area contributed by atoms with Crippen LogP contribution in [0.25, 0.3) is 0 Å². The Hall–Kier alpha value is -0.830. The van der Waals surface area contributed by atoms with Gasteiger partial charge >= 0.3 is 0 Å². The van der Waals surface area contributed by atoms with Crippen molar-refractivity contribution < 1.29 is 5.11 Å². The van der Waals surface area contributed by atoms with Crippen LogP contribution in [0.5, 0.6) is 0 Å². The zero-order valence-electron chi connectivity index (χ0n) is 8.69. The van der Waals surface area contributed by atoms with E-state index in [0.717, 1.165) is 19.3 Å². The maximum atomic E-state index is 10.0. The average Bonchev–Trinajstić information content (AvgIpc) is 2.46. The zero-order chi connectivity index (χ0) is 9.97. The Bertz CT molecular complexity index is 295. The summed E-state index contributed by atoms with van der Waals surface area (Å²) in [6.45, 7) is 0. The van der Waals surface area contributed by atoms with Crippen molar-refractivity contribution in [2.75, 3.05) is 0 Å². The fraction of sp³-hybridized carbons (Fsp3) is 0.727. The Labute approximate surface area is 84.7 Å². The number of aliphatic hydroxyl groups is 1. The molecule has 0 aromatic carbocycles. The maximum absolute atomic E-state index is 10.0. The van der Waals surface area contributed by atoms with Gasteiger partial charge in [0.15, 0.2) is 0 Å². The summed E-state index contributed by atoms with van der Waals surface area (Å²) in [6.07, 6.45) is 7.32. The van der Waals surface area contributed by atoms with Crippen molar-refractivity contribution in [3.63, 3.8) is 0 Å². The van der Waals surface area contributed by atoms with Gasteiger partial charge in [0.1, 0.15) is 0 Å². The molecule has 1 fully saturated rings. The largest absolute Gasteiger partial charge is 0.392 e. The standard InChI is InChI=1S/C11H18N2O/c1-13-10(7-8-12-13)9-5-3-2-4-6-11(9)14/h7-9,11,14H,2-6H2,1H3/t9-,11+/m1/s1. The molecule has 3 heteroatoms. The van der Waals surface area contributed by atoms with Crippen LogP contribution in [0.3, 0.4) is 0 Å². The number of aromatic nitrogens is 2. The number of nitrogens with zero attached hydrogens (tertiary/aromatic N) is 2. The van der Waals surface area contributed by atoms with Crippen LogP contribution in [0, 0.1) is 0 Å². The maximum Gasteiger partial charge on any atom is 0.0623 e. The SMILES string of the molecule is Cn1nccc1[C@H]1CCCCC[C@@H]1O.